The number of carbonyl (C=O) groups is 1. The number of aryl methyl sites for hydroxylation is 1. The minimum atomic E-state index is -0.759. The van der Waals surface area contributed by atoms with Gasteiger partial charge in [-0.3, -0.25) is 9.36 Å². The molecule has 194 valence electrons. The van der Waals surface area contributed by atoms with Crippen molar-refractivity contribution in [3.63, 3.8) is 0 Å². The molecule has 4 aromatic rings. The summed E-state index contributed by atoms with van der Waals surface area (Å²) in [6.07, 6.45) is 1.69. The Kier molecular flexibility index (Phi) is 7.10. The number of aromatic nitrogens is 1. The van der Waals surface area contributed by atoms with E-state index in [1.807, 2.05) is 49.4 Å². The van der Waals surface area contributed by atoms with E-state index in [4.69, 9.17) is 25.5 Å². The van der Waals surface area contributed by atoms with Crippen molar-refractivity contribution in [2.45, 2.75) is 26.8 Å². The molecule has 0 spiro atoms. The fourth-order valence-corrected chi connectivity index (χ4v) is 5.74. The molecule has 0 bridgehead atoms. The number of carbonyl (C=O) groups excluding carboxylic acids is 1. The number of hydrogen-bond acceptors (Lipinski definition) is 7. The van der Waals surface area contributed by atoms with Crippen LogP contribution in [0.4, 0.5) is 0 Å². The number of ether oxygens (including phenoxy) is 2. The molecule has 0 saturated heterocycles. The van der Waals surface area contributed by atoms with Crippen LogP contribution in [0.3, 0.4) is 0 Å². The summed E-state index contributed by atoms with van der Waals surface area (Å²) in [7, 11) is 1.55. The molecule has 5 rings (SSSR count). The number of benzene rings is 2. The standard InChI is InChI=1S/C29H25ClN2O5S/c1-5-36-28(34)25-17(3)31-29-32(26(25)20-8-6-7-9-22(20)35-4)27(33)24(38-29)15-19-12-13-23(37-19)21-14-18(30)11-10-16(21)2/h6-15,26H,5H2,1-4H3/t26-/m0/s1. The molecule has 0 N–H and O–H groups in total. The van der Waals surface area contributed by atoms with Crippen LogP contribution < -0.4 is 19.6 Å². The van der Waals surface area contributed by atoms with Crippen molar-refractivity contribution in [3.05, 3.63) is 107 Å². The Morgan fingerprint density at radius 2 is 1.97 bits per heavy atom. The van der Waals surface area contributed by atoms with E-state index in [9.17, 15) is 9.59 Å². The summed E-state index contributed by atoms with van der Waals surface area (Å²) in [5, 5.41) is 0.612. The predicted octanol–water partition coefficient (Wildman–Crippen LogP) is 5.03. The molecule has 1 aliphatic heterocycles. The van der Waals surface area contributed by atoms with Gasteiger partial charge in [-0.2, -0.15) is 0 Å². The number of furan rings is 1. The Morgan fingerprint density at radius 1 is 1.18 bits per heavy atom. The number of para-hydroxylation sites is 1. The minimum Gasteiger partial charge on any atom is -0.496 e. The highest BCUT2D eigenvalue weighted by Gasteiger charge is 2.35. The summed E-state index contributed by atoms with van der Waals surface area (Å²) in [4.78, 5) is 32.0. The van der Waals surface area contributed by atoms with Crippen LogP contribution in [0.15, 0.2) is 80.1 Å². The van der Waals surface area contributed by atoms with Gasteiger partial charge < -0.3 is 13.9 Å². The predicted molar refractivity (Wildman–Crippen MR) is 147 cm³/mol. The van der Waals surface area contributed by atoms with E-state index in [0.29, 0.717) is 48.5 Å². The zero-order valence-electron chi connectivity index (χ0n) is 21.3. The maximum absolute atomic E-state index is 13.8. The zero-order valence-corrected chi connectivity index (χ0v) is 22.9. The van der Waals surface area contributed by atoms with Gasteiger partial charge in [0.15, 0.2) is 4.80 Å². The van der Waals surface area contributed by atoms with Gasteiger partial charge in [-0.05, 0) is 56.7 Å². The molecule has 2 aromatic carbocycles. The van der Waals surface area contributed by atoms with Crippen LogP contribution in [0.25, 0.3) is 17.4 Å². The van der Waals surface area contributed by atoms with Gasteiger partial charge in [0, 0.05) is 22.2 Å². The van der Waals surface area contributed by atoms with Gasteiger partial charge in [0.2, 0.25) is 0 Å². The number of rotatable bonds is 6. The number of hydrogen-bond donors (Lipinski definition) is 0. The Morgan fingerprint density at radius 3 is 2.74 bits per heavy atom. The van der Waals surface area contributed by atoms with Gasteiger partial charge in [0.1, 0.15) is 23.3 Å². The normalized spacial score (nSPS) is 15.3. The minimum absolute atomic E-state index is 0.200. The summed E-state index contributed by atoms with van der Waals surface area (Å²) in [5.74, 6) is 1.19. The molecule has 0 fully saturated rings. The maximum Gasteiger partial charge on any atom is 0.338 e. The summed E-state index contributed by atoms with van der Waals surface area (Å²) in [5.41, 5.74) is 3.06. The molecule has 0 amide bonds. The summed E-state index contributed by atoms with van der Waals surface area (Å²) >= 11 is 7.42. The molecule has 9 heteroatoms. The highest BCUT2D eigenvalue weighted by Crippen LogP contribution is 2.35. The van der Waals surface area contributed by atoms with Crippen molar-refractivity contribution in [1.82, 2.24) is 4.57 Å². The molecule has 3 heterocycles. The van der Waals surface area contributed by atoms with Crippen LogP contribution >= 0.6 is 22.9 Å². The second kappa shape index (κ2) is 10.5. The number of allylic oxidation sites excluding steroid dienone is 1. The topological polar surface area (TPSA) is 83.0 Å². The lowest BCUT2D eigenvalue weighted by molar-refractivity contribution is -0.139. The zero-order chi connectivity index (χ0) is 27.0. The Labute approximate surface area is 227 Å². The van der Waals surface area contributed by atoms with E-state index in [2.05, 4.69) is 4.99 Å². The van der Waals surface area contributed by atoms with E-state index in [1.54, 1.807) is 39.2 Å². The van der Waals surface area contributed by atoms with E-state index in [-0.39, 0.29) is 12.2 Å². The first-order valence-corrected chi connectivity index (χ1v) is 13.2. The highest BCUT2D eigenvalue weighted by molar-refractivity contribution is 7.07. The maximum atomic E-state index is 13.8. The lowest BCUT2D eigenvalue weighted by Gasteiger charge is -2.25. The van der Waals surface area contributed by atoms with Crippen molar-refractivity contribution < 1.29 is 18.7 Å². The molecule has 1 atom stereocenters. The van der Waals surface area contributed by atoms with Crippen LogP contribution in [0, 0.1) is 6.92 Å². The van der Waals surface area contributed by atoms with E-state index >= 15 is 0 Å². The Balaban J connectivity index is 1.67. The third-order valence-corrected chi connectivity index (χ3v) is 7.53. The molecule has 0 unspecified atom stereocenters. The molecule has 0 radical (unpaired) electrons. The smallest absolute Gasteiger partial charge is 0.338 e. The SMILES string of the molecule is CCOC(=O)C1=C(C)N=c2sc(=Cc3ccc(-c4cc(Cl)ccc4C)o3)c(=O)n2[C@H]1c1ccccc1OC. The lowest BCUT2D eigenvalue weighted by Crippen LogP contribution is -2.40. The molecular weight excluding hydrogens is 524 g/mol. The van der Waals surface area contributed by atoms with E-state index in [1.165, 1.54) is 15.9 Å². The average Bonchev–Trinajstić information content (AvgIpc) is 3.49. The largest absolute Gasteiger partial charge is 0.496 e. The van der Waals surface area contributed by atoms with Crippen LogP contribution in [-0.4, -0.2) is 24.3 Å². The van der Waals surface area contributed by atoms with Gasteiger partial charge in [-0.25, -0.2) is 9.79 Å². The summed E-state index contributed by atoms with van der Waals surface area (Å²) in [6, 6.07) is 15.8. The van der Waals surface area contributed by atoms with E-state index in [0.717, 1.165) is 11.1 Å². The molecule has 0 saturated carbocycles. The molecule has 2 aromatic heterocycles. The van der Waals surface area contributed by atoms with Crippen molar-refractivity contribution in [2.75, 3.05) is 13.7 Å². The molecular formula is C29H25ClN2O5S. The number of methoxy groups -OCH3 is 1. The Hall–Kier alpha value is -3.88. The third kappa shape index (κ3) is 4.61. The number of thiazole rings is 1. The van der Waals surface area contributed by atoms with Gasteiger partial charge in [0.25, 0.3) is 5.56 Å². The van der Waals surface area contributed by atoms with E-state index < -0.39 is 12.0 Å². The van der Waals surface area contributed by atoms with Crippen molar-refractivity contribution in [3.8, 4) is 17.1 Å². The van der Waals surface area contributed by atoms with Crippen molar-refractivity contribution in [1.29, 1.82) is 0 Å². The number of nitrogens with zero attached hydrogens (tertiary/aromatic N) is 2. The average molecular weight is 549 g/mol. The van der Waals surface area contributed by atoms with Gasteiger partial charge in [-0.15, -0.1) is 0 Å². The molecule has 7 nitrogen and oxygen atoms in total. The van der Waals surface area contributed by atoms with Gasteiger partial charge in [0.05, 0.1) is 29.5 Å². The van der Waals surface area contributed by atoms with Crippen LogP contribution in [-0.2, 0) is 9.53 Å². The van der Waals surface area contributed by atoms with Crippen LogP contribution in [0.5, 0.6) is 5.75 Å². The van der Waals surface area contributed by atoms with Crippen molar-refractivity contribution >= 4 is 35.0 Å². The Bertz CT molecular complexity index is 1760. The fourth-order valence-electron chi connectivity index (χ4n) is 4.54. The molecule has 1 aliphatic rings. The highest BCUT2D eigenvalue weighted by atomic mass is 35.5. The monoisotopic (exact) mass is 548 g/mol. The van der Waals surface area contributed by atoms with Crippen molar-refractivity contribution in [2.24, 2.45) is 4.99 Å². The number of halogens is 1. The van der Waals surface area contributed by atoms with Gasteiger partial charge >= 0.3 is 5.97 Å². The molecule has 0 aliphatic carbocycles. The second-order valence-electron chi connectivity index (χ2n) is 8.71. The quantitative estimate of drug-likeness (QED) is 0.316. The third-order valence-electron chi connectivity index (χ3n) is 6.32. The second-order valence-corrected chi connectivity index (χ2v) is 10.2. The fraction of sp³-hybridized carbons (Fsp3) is 0.207. The first-order valence-electron chi connectivity index (χ1n) is 12.0. The number of fused-ring (bicyclic) bond motifs is 1. The first kappa shape index (κ1) is 25.8. The summed E-state index contributed by atoms with van der Waals surface area (Å²) < 4.78 is 19.0. The van der Waals surface area contributed by atoms with Crippen LogP contribution in [0.1, 0.15) is 36.8 Å². The van der Waals surface area contributed by atoms with Crippen LogP contribution in [0.2, 0.25) is 5.02 Å². The lowest BCUT2D eigenvalue weighted by atomic mass is 9.95. The van der Waals surface area contributed by atoms with Gasteiger partial charge in [-0.1, -0.05) is 47.2 Å². The summed E-state index contributed by atoms with van der Waals surface area (Å²) in [6.45, 7) is 5.67. The molecule has 38 heavy (non-hydrogen) atoms. The number of esters is 1. The first-order chi connectivity index (χ1) is 18.3.